The Morgan fingerprint density at radius 1 is 0.865 bits per heavy atom. The van der Waals surface area contributed by atoms with E-state index in [0.717, 1.165) is 24.9 Å². The summed E-state index contributed by atoms with van der Waals surface area (Å²) in [5.41, 5.74) is 7.25. The molecule has 0 fully saturated rings. The van der Waals surface area contributed by atoms with E-state index in [-0.39, 0.29) is 24.8 Å². The molecular weight excluding hydrogens is 480 g/mol. The van der Waals surface area contributed by atoms with Crippen LogP contribution in [0.4, 0.5) is 5.69 Å². The SMILES string of the molecule is CNCCOCCOCCOCCOCCC(=O)N[C@@H](CCCCN)C(=O)Nc1ccc(COC)cc1. The molecule has 1 atom stereocenters. The van der Waals surface area contributed by atoms with Gasteiger partial charge in [-0.15, -0.1) is 0 Å². The second kappa shape index (κ2) is 23.0. The molecule has 212 valence electrons. The highest BCUT2D eigenvalue weighted by molar-refractivity contribution is 5.97. The van der Waals surface area contributed by atoms with Crippen molar-refractivity contribution in [3.63, 3.8) is 0 Å². The van der Waals surface area contributed by atoms with Crippen LogP contribution in [0, 0.1) is 0 Å². The molecule has 0 aromatic heterocycles. The van der Waals surface area contributed by atoms with Crippen molar-refractivity contribution in [2.24, 2.45) is 5.73 Å². The van der Waals surface area contributed by atoms with Crippen LogP contribution in [0.5, 0.6) is 0 Å². The number of hydrogen-bond donors (Lipinski definition) is 4. The average Bonchev–Trinajstić information content (AvgIpc) is 2.89. The first-order valence-corrected chi connectivity index (χ1v) is 12.9. The van der Waals surface area contributed by atoms with Crippen molar-refractivity contribution in [2.45, 2.75) is 38.3 Å². The predicted molar refractivity (Wildman–Crippen MR) is 142 cm³/mol. The zero-order valence-electron chi connectivity index (χ0n) is 22.4. The van der Waals surface area contributed by atoms with Gasteiger partial charge in [-0.2, -0.15) is 0 Å². The third-order valence-electron chi connectivity index (χ3n) is 5.22. The van der Waals surface area contributed by atoms with Gasteiger partial charge in [0.25, 0.3) is 0 Å². The third kappa shape index (κ3) is 17.9. The quantitative estimate of drug-likeness (QED) is 0.145. The van der Waals surface area contributed by atoms with Crippen molar-refractivity contribution in [3.8, 4) is 0 Å². The van der Waals surface area contributed by atoms with E-state index in [2.05, 4.69) is 16.0 Å². The molecule has 1 aromatic carbocycles. The lowest BCUT2D eigenvalue weighted by molar-refractivity contribution is -0.127. The van der Waals surface area contributed by atoms with Crippen LogP contribution in [0.15, 0.2) is 24.3 Å². The van der Waals surface area contributed by atoms with E-state index in [9.17, 15) is 9.59 Å². The maximum Gasteiger partial charge on any atom is 0.246 e. The number of unbranched alkanes of at least 4 members (excludes halogenated alkanes) is 1. The van der Waals surface area contributed by atoms with Gasteiger partial charge in [-0.05, 0) is 50.6 Å². The first kappa shape index (κ1) is 32.9. The second-order valence-corrected chi connectivity index (χ2v) is 8.33. The van der Waals surface area contributed by atoms with Gasteiger partial charge in [-0.25, -0.2) is 0 Å². The Labute approximate surface area is 221 Å². The summed E-state index contributed by atoms with van der Waals surface area (Å²) in [5.74, 6) is -0.500. The van der Waals surface area contributed by atoms with Crippen LogP contribution in [0.1, 0.15) is 31.2 Å². The number of hydrogen-bond acceptors (Lipinski definition) is 9. The van der Waals surface area contributed by atoms with E-state index in [1.165, 1.54) is 0 Å². The molecule has 37 heavy (non-hydrogen) atoms. The summed E-state index contributed by atoms with van der Waals surface area (Å²) in [5, 5.41) is 8.70. The molecule has 0 saturated heterocycles. The maximum atomic E-state index is 12.8. The highest BCUT2D eigenvalue weighted by Crippen LogP contribution is 2.12. The molecule has 1 rings (SSSR count). The van der Waals surface area contributed by atoms with Crippen LogP contribution >= 0.6 is 0 Å². The second-order valence-electron chi connectivity index (χ2n) is 8.33. The topological polar surface area (TPSA) is 142 Å². The number of amides is 2. The van der Waals surface area contributed by atoms with E-state index in [4.69, 9.17) is 29.4 Å². The van der Waals surface area contributed by atoms with Crippen molar-refractivity contribution in [3.05, 3.63) is 29.8 Å². The Balaban J connectivity index is 2.21. The minimum absolute atomic E-state index is 0.156. The summed E-state index contributed by atoms with van der Waals surface area (Å²) in [6, 6.07) is 6.76. The minimum Gasteiger partial charge on any atom is -0.380 e. The van der Waals surface area contributed by atoms with Crippen LogP contribution in [0.3, 0.4) is 0 Å². The van der Waals surface area contributed by atoms with Gasteiger partial charge in [0, 0.05) is 25.8 Å². The van der Waals surface area contributed by atoms with Crippen LogP contribution < -0.4 is 21.7 Å². The van der Waals surface area contributed by atoms with Gasteiger partial charge < -0.3 is 45.4 Å². The number of nitrogens with one attached hydrogen (secondary N) is 3. The lowest BCUT2D eigenvalue weighted by Crippen LogP contribution is -2.44. The van der Waals surface area contributed by atoms with Gasteiger partial charge in [0.15, 0.2) is 0 Å². The minimum atomic E-state index is -0.644. The van der Waals surface area contributed by atoms with Gasteiger partial charge in [0.05, 0.1) is 59.5 Å². The van der Waals surface area contributed by atoms with Crippen molar-refractivity contribution in [2.75, 3.05) is 85.4 Å². The van der Waals surface area contributed by atoms with E-state index >= 15 is 0 Å². The standard InChI is InChI=1S/C26H46N4O7/c1-28-12-14-35-16-18-37-20-19-36-17-15-34-13-10-25(31)30-24(5-3-4-11-27)26(32)29-23-8-6-22(7-9-23)21-33-2/h6-9,24,28H,3-5,10-21,27H2,1-2H3,(H,29,32)(H,30,31)/t24-/m0/s1. The predicted octanol–water partition coefficient (Wildman–Crippen LogP) is 1.06. The number of carbonyl (C=O) groups excluding carboxylic acids is 2. The van der Waals surface area contributed by atoms with Crippen molar-refractivity contribution < 1.29 is 33.3 Å². The number of anilines is 1. The van der Waals surface area contributed by atoms with E-state index in [0.29, 0.717) is 71.5 Å². The van der Waals surface area contributed by atoms with Crippen molar-refractivity contribution in [1.29, 1.82) is 0 Å². The highest BCUT2D eigenvalue weighted by Gasteiger charge is 2.20. The van der Waals surface area contributed by atoms with Gasteiger partial charge in [0.2, 0.25) is 11.8 Å². The fourth-order valence-corrected chi connectivity index (χ4v) is 3.21. The first-order valence-electron chi connectivity index (χ1n) is 12.9. The van der Waals surface area contributed by atoms with Gasteiger partial charge in [-0.1, -0.05) is 12.1 Å². The molecule has 0 aliphatic heterocycles. The molecule has 0 aliphatic carbocycles. The third-order valence-corrected chi connectivity index (χ3v) is 5.22. The summed E-state index contributed by atoms with van der Waals surface area (Å²) >= 11 is 0. The monoisotopic (exact) mass is 526 g/mol. The van der Waals surface area contributed by atoms with Crippen molar-refractivity contribution >= 4 is 17.5 Å². The van der Waals surface area contributed by atoms with Gasteiger partial charge in [0.1, 0.15) is 6.04 Å². The van der Waals surface area contributed by atoms with E-state index in [1.54, 1.807) is 7.11 Å². The fourth-order valence-electron chi connectivity index (χ4n) is 3.21. The maximum absolute atomic E-state index is 12.8. The van der Waals surface area contributed by atoms with Crippen LogP contribution in [0.25, 0.3) is 0 Å². The molecule has 11 nitrogen and oxygen atoms in total. The van der Waals surface area contributed by atoms with Crippen LogP contribution in [0.2, 0.25) is 0 Å². The zero-order valence-corrected chi connectivity index (χ0v) is 22.4. The molecule has 2 amide bonds. The Morgan fingerprint density at radius 3 is 2.03 bits per heavy atom. The Bertz CT molecular complexity index is 707. The fraction of sp³-hybridized carbons (Fsp3) is 0.692. The molecule has 0 radical (unpaired) electrons. The molecule has 0 spiro atoms. The van der Waals surface area contributed by atoms with Gasteiger partial charge in [-0.3, -0.25) is 9.59 Å². The number of benzene rings is 1. The summed E-state index contributed by atoms with van der Waals surface area (Å²) < 4.78 is 26.8. The number of likely N-dealkylation sites (N-methyl/N-ethyl adjacent to an activating group) is 1. The molecule has 0 bridgehead atoms. The smallest absolute Gasteiger partial charge is 0.246 e. The average molecular weight is 527 g/mol. The number of nitrogens with two attached hydrogens (primary N) is 1. The summed E-state index contributed by atoms with van der Waals surface area (Å²) in [6.45, 7) is 5.61. The molecule has 0 saturated carbocycles. The summed E-state index contributed by atoms with van der Waals surface area (Å²) in [4.78, 5) is 25.2. The zero-order chi connectivity index (χ0) is 27.0. The largest absolute Gasteiger partial charge is 0.380 e. The Kier molecular flexibility index (Phi) is 20.5. The van der Waals surface area contributed by atoms with Crippen molar-refractivity contribution in [1.82, 2.24) is 10.6 Å². The summed E-state index contributed by atoms with van der Waals surface area (Å²) in [6.07, 6.45) is 2.19. The lowest BCUT2D eigenvalue weighted by Gasteiger charge is -2.19. The van der Waals surface area contributed by atoms with Crippen LogP contribution in [-0.4, -0.2) is 98.0 Å². The molecule has 5 N–H and O–H groups in total. The summed E-state index contributed by atoms with van der Waals surface area (Å²) in [7, 11) is 3.51. The molecule has 0 unspecified atom stereocenters. The Hall–Kier alpha value is -2.12. The molecule has 1 aromatic rings. The normalized spacial score (nSPS) is 11.9. The Morgan fingerprint density at radius 2 is 1.46 bits per heavy atom. The number of ether oxygens (including phenoxy) is 5. The highest BCUT2D eigenvalue weighted by atomic mass is 16.6. The molecule has 0 aliphatic rings. The number of carbonyl (C=O) groups is 2. The molecule has 0 heterocycles. The number of rotatable bonds is 24. The molecule has 11 heteroatoms. The molecular formula is C26H46N4O7. The first-order chi connectivity index (χ1) is 18.1. The van der Waals surface area contributed by atoms with E-state index in [1.807, 2.05) is 31.3 Å². The van der Waals surface area contributed by atoms with Gasteiger partial charge >= 0.3 is 0 Å². The number of methoxy groups -OCH3 is 1. The van der Waals surface area contributed by atoms with E-state index < -0.39 is 6.04 Å². The van der Waals surface area contributed by atoms with Crippen LogP contribution in [-0.2, 0) is 39.9 Å². The lowest BCUT2D eigenvalue weighted by atomic mass is 10.1.